The molecule has 0 aromatic heterocycles. The van der Waals surface area contributed by atoms with Crippen molar-refractivity contribution >= 4 is 17.5 Å². The number of nitrogens with zero attached hydrogens (tertiary/aromatic N) is 1. The normalized spacial score (nSPS) is 11.8. The van der Waals surface area contributed by atoms with Crippen LogP contribution in [-0.4, -0.2) is 12.0 Å². The minimum absolute atomic E-state index is 0.0469. The Morgan fingerprint density at radius 2 is 2.19 bits per heavy atom. The van der Waals surface area contributed by atoms with Gasteiger partial charge in [-0.1, -0.05) is 31.5 Å². The fourth-order valence-corrected chi connectivity index (χ4v) is 2.18. The molecule has 1 atom stereocenters. The SMILES string of the molecule is CCCC(C#N)C(=O)c1ccccc1SC. The zero-order valence-electron chi connectivity index (χ0n) is 9.56. The second-order valence-electron chi connectivity index (χ2n) is 3.53. The van der Waals surface area contributed by atoms with E-state index in [4.69, 9.17) is 5.26 Å². The molecule has 3 heteroatoms. The highest BCUT2D eigenvalue weighted by Crippen LogP contribution is 2.23. The predicted octanol–water partition coefficient (Wildman–Crippen LogP) is 3.53. The van der Waals surface area contributed by atoms with Crippen LogP contribution in [0, 0.1) is 17.2 Å². The van der Waals surface area contributed by atoms with Gasteiger partial charge in [-0.05, 0) is 18.7 Å². The van der Waals surface area contributed by atoms with Crippen molar-refractivity contribution in [2.24, 2.45) is 5.92 Å². The highest BCUT2D eigenvalue weighted by molar-refractivity contribution is 7.98. The van der Waals surface area contributed by atoms with Gasteiger partial charge in [0.2, 0.25) is 0 Å². The third-order valence-electron chi connectivity index (χ3n) is 2.42. The van der Waals surface area contributed by atoms with Crippen molar-refractivity contribution in [3.8, 4) is 6.07 Å². The van der Waals surface area contributed by atoms with Crippen LogP contribution in [0.3, 0.4) is 0 Å². The molecule has 16 heavy (non-hydrogen) atoms. The molecule has 0 fully saturated rings. The minimum Gasteiger partial charge on any atom is -0.293 e. The van der Waals surface area contributed by atoms with Crippen molar-refractivity contribution in [1.29, 1.82) is 5.26 Å². The van der Waals surface area contributed by atoms with Gasteiger partial charge in [0.15, 0.2) is 5.78 Å². The zero-order valence-corrected chi connectivity index (χ0v) is 10.4. The molecule has 0 N–H and O–H groups in total. The number of benzene rings is 1. The minimum atomic E-state index is -0.502. The molecule has 1 aromatic rings. The molecule has 0 saturated heterocycles. The summed E-state index contributed by atoms with van der Waals surface area (Å²) >= 11 is 1.54. The van der Waals surface area contributed by atoms with E-state index in [0.29, 0.717) is 12.0 Å². The van der Waals surface area contributed by atoms with Crippen LogP contribution >= 0.6 is 11.8 Å². The van der Waals surface area contributed by atoms with Crippen molar-refractivity contribution in [2.45, 2.75) is 24.7 Å². The van der Waals surface area contributed by atoms with E-state index in [1.807, 2.05) is 31.4 Å². The van der Waals surface area contributed by atoms with Crippen LogP contribution in [0.15, 0.2) is 29.2 Å². The van der Waals surface area contributed by atoms with Gasteiger partial charge < -0.3 is 0 Å². The van der Waals surface area contributed by atoms with Crippen molar-refractivity contribution in [2.75, 3.05) is 6.26 Å². The van der Waals surface area contributed by atoms with Gasteiger partial charge in [-0.3, -0.25) is 4.79 Å². The largest absolute Gasteiger partial charge is 0.293 e. The topological polar surface area (TPSA) is 40.9 Å². The van der Waals surface area contributed by atoms with E-state index in [-0.39, 0.29) is 5.78 Å². The lowest BCUT2D eigenvalue weighted by atomic mass is 9.95. The number of ketones is 1. The predicted molar refractivity (Wildman–Crippen MR) is 66.6 cm³/mol. The Bertz CT molecular complexity index is 409. The lowest BCUT2D eigenvalue weighted by Crippen LogP contribution is -2.13. The second kappa shape index (κ2) is 6.34. The van der Waals surface area contributed by atoms with Gasteiger partial charge in [0.05, 0.1) is 6.07 Å². The summed E-state index contributed by atoms with van der Waals surface area (Å²) in [5, 5.41) is 8.97. The molecule has 0 aliphatic heterocycles. The maximum atomic E-state index is 12.1. The number of hydrogen-bond acceptors (Lipinski definition) is 3. The van der Waals surface area contributed by atoms with E-state index < -0.39 is 5.92 Å². The summed E-state index contributed by atoms with van der Waals surface area (Å²) in [5.41, 5.74) is 0.676. The number of carbonyl (C=O) groups is 1. The van der Waals surface area contributed by atoms with Crippen LogP contribution in [0.2, 0.25) is 0 Å². The van der Waals surface area contributed by atoms with Crippen LogP contribution < -0.4 is 0 Å². The van der Waals surface area contributed by atoms with Crippen LogP contribution in [0.1, 0.15) is 30.1 Å². The van der Waals surface area contributed by atoms with Gasteiger partial charge in [-0.25, -0.2) is 0 Å². The summed E-state index contributed by atoms with van der Waals surface area (Å²) in [6, 6.07) is 9.56. The van der Waals surface area contributed by atoms with Crippen LogP contribution in [0.25, 0.3) is 0 Å². The van der Waals surface area contributed by atoms with Crippen molar-refractivity contribution in [3.63, 3.8) is 0 Å². The fraction of sp³-hybridized carbons (Fsp3) is 0.385. The number of hydrogen-bond donors (Lipinski definition) is 0. The monoisotopic (exact) mass is 233 g/mol. The third-order valence-corrected chi connectivity index (χ3v) is 3.22. The number of Topliss-reactive ketones (excluding diaryl/α,β-unsaturated/α-hetero) is 1. The van der Waals surface area contributed by atoms with Crippen LogP contribution in [0.5, 0.6) is 0 Å². The lowest BCUT2D eigenvalue weighted by Gasteiger charge is -2.09. The average molecular weight is 233 g/mol. The Hall–Kier alpha value is -1.27. The van der Waals surface area contributed by atoms with Crippen LogP contribution in [0.4, 0.5) is 0 Å². The molecule has 0 heterocycles. The molecular weight excluding hydrogens is 218 g/mol. The number of carbonyl (C=O) groups excluding carboxylic acids is 1. The Morgan fingerprint density at radius 1 is 1.50 bits per heavy atom. The maximum Gasteiger partial charge on any atom is 0.181 e. The van der Waals surface area contributed by atoms with Crippen LogP contribution in [-0.2, 0) is 0 Å². The van der Waals surface area contributed by atoms with E-state index in [2.05, 4.69) is 6.07 Å². The van der Waals surface area contributed by atoms with Gasteiger partial charge in [-0.15, -0.1) is 11.8 Å². The smallest absolute Gasteiger partial charge is 0.181 e. The molecule has 0 aliphatic carbocycles. The first kappa shape index (κ1) is 12.8. The first-order valence-electron chi connectivity index (χ1n) is 5.31. The quantitative estimate of drug-likeness (QED) is 0.577. The third kappa shape index (κ3) is 2.86. The molecule has 1 rings (SSSR count). The Balaban J connectivity index is 2.99. The zero-order chi connectivity index (χ0) is 12.0. The van der Waals surface area contributed by atoms with E-state index in [1.54, 1.807) is 6.07 Å². The standard InChI is InChI=1S/C13H15NOS/c1-3-6-10(9-14)13(15)11-7-4-5-8-12(11)16-2/h4-5,7-8,10H,3,6H2,1-2H3. The van der Waals surface area contributed by atoms with Gasteiger partial charge in [0, 0.05) is 10.5 Å². The number of rotatable bonds is 5. The Kier molecular flexibility index (Phi) is 5.07. The summed E-state index contributed by atoms with van der Waals surface area (Å²) < 4.78 is 0. The first-order chi connectivity index (χ1) is 7.74. The molecule has 0 amide bonds. The van der Waals surface area contributed by atoms with E-state index in [1.165, 1.54) is 11.8 Å². The van der Waals surface area contributed by atoms with Gasteiger partial charge in [-0.2, -0.15) is 5.26 Å². The molecular formula is C13H15NOS. The Morgan fingerprint density at radius 3 is 2.75 bits per heavy atom. The molecule has 1 unspecified atom stereocenters. The lowest BCUT2D eigenvalue weighted by molar-refractivity contribution is 0.0940. The van der Waals surface area contributed by atoms with Crippen molar-refractivity contribution in [1.82, 2.24) is 0 Å². The van der Waals surface area contributed by atoms with Gasteiger partial charge >= 0.3 is 0 Å². The molecule has 0 saturated carbocycles. The number of thioether (sulfide) groups is 1. The fourth-order valence-electron chi connectivity index (χ4n) is 1.58. The van der Waals surface area contributed by atoms with E-state index >= 15 is 0 Å². The first-order valence-corrected chi connectivity index (χ1v) is 6.53. The molecule has 0 bridgehead atoms. The van der Waals surface area contributed by atoms with Gasteiger partial charge in [0.1, 0.15) is 5.92 Å². The molecule has 0 aliphatic rings. The maximum absolute atomic E-state index is 12.1. The summed E-state index contributed by atoms with van der Waals surface area (Å²) in [6.07, 6.45) is 3.43. The van der Waals surface area contributed by atoms with Gasteiger partial charge in [0.25, 0.3) is 0 Å². The molecule has 84 valence electrons. The van der Waals surface area contributed by atoms with Crippen molar-refractivity contribution < 1.29 is 4.79 Å². The Labute approximate surface area is 101 Å². The molecule has 2 nitrogen and oxygen atoms in total. The second-order valence-corrected chi connectivity index (χ2v) is 4.38. The summed E-state index contributed by atoms with van der Waals surface area (Å²) in [4.78, 5) is 13.1. The summed E-state index contributed by atoms with van der Waals surface area (Å²) in [7, 11) is 0. The molecule has 1 aromatic carbocycles. The molecule has 0 radical (unpaired) electrons. The van der Waals surface area contributed by atoms with Crippen molar-refractivity contribution in [3.05, 3.63) is 29.8 Å². The highest BCUT2D eigenvalue weighted by Gasteiger charge is 2.20. The highest BCUT2D eigenvalue weighted by atomic mass is 32.2. The summed E-state index contributed by atoms with van der Waals surface area (Å²) in [6.45, 7) is 1.98. The average Bonchev–Trinajstić information content (AvgIpc) is 2.35. The van der Waals surface area contributed by atoms with E-state index in [9.17, 15) is 4.79 Å². The summed E-state index contributed by atoms with van der Waals surface area (Å²) in [5.74, 6) is -0.549. The van der Waals surface area contributed by atoms with E-state index in [0.717, 1.165) is 11.3 Å². The molecule has 0 spiro atoms. The number of nitriles is 1.